The Bertz CT molecular complexity index is 1470. The molecule has 0 saturated carbocycles. The summed E-state index contributed by atoms with van der Waals surface area (Å²) in [6.45, 7) is 0. The van der Waals surface area contributed by atoms with Crippen LogP contribution in [0, 0.1) is 0 Å². The molecule has 0 unspecified atom stereocenters. The highest BCUT2D eigenvalue weighted by Gasteiger charge is 2.11. The number of rotatable bonds is 3. The van der Waals surface area contributed by atoms with Crippen LogP contribution in [0.4, 0.5) is 0 Å². The van der Waals surface area contributed by atoms with E-state index in [0.717, 1.165) is 22.0 Å². The van der Waals surface area contributed by atoms with Crippen molar-refractivity contribution >= 4 is 45.6 Å². The van der Waals surface area contributed by atoms with Gasteiger partial charge in [0.2, 0.25) is 0 Å². The quantitative estimate of drug-likeness (QED) is 0.328. The maximum Gasteiger partial charge on any atom is 0.193 e. The molecule has 2 heterocycles. The van der Waals surface area contributed by atoms with Crippen LogP contribution in [-0.2, 0) is 0 Å². The lowest BCUT2D eigenvalue weighted by molar-refractivity contribution is 0.616. The second-order valence-corrected chi connectivity index (χ2v) is 7.41. The first kappa shape index (κ1) is 18.3. The second kappa shape index (κ2) is 7.62. The van der Waals surface area contributed by atoms with Gasteiger partial charge in [-0.25, -0.2) is 4.98 Å². The molecule has 0 aliphatic rings. The Balaban J connectivity index is 1.67. The second-order valence-electron chi connectivity index (χ2n) is 6.97. The summed E-state index contributed by atoms with van der Waals surface area (Å²) in [4.78, 5) is 17.3. The lowest BCUT2D eigenvalue weighted by Gasteiger charge is -2.07. The van der Waals surface area contributed by atoms with Crippen LogP contribution in [0.25, 0.3) is 45.5 Å². The van der Waals surface area contributed by atoms with Crippen LogP contribution >= 0.6 is 11.6 Å². The minimum absolute atomic E-state index is 0.0833. The van der Waals surface area contributed by atoms with E-state index in [4.69, 9.17) is 21.0 Å². The highest BCUT2D eigenvalue weighted by molar-refractivity contribution is 6.30. The zero-order chi connectivity index (χ0) is 20.5. The number of hydrogen-bond donors (Lipinski definition) is 0. The molecule has 0 fully saturated rings. The summed E-state index contributed by atoms with van der Waals surface area (Å²) in [7, 11) is 0. The van der Waals surface area contributed by atoms with E-state index in [-0.39, 0.29) is 5.43 Å². The molecule has 3 nitrogen and oxygen atoms in total. The predicted molar refractivity (Wildman–Crippen MR) is 124 cm³/mol. The number of fused-ring (bicyclic) bond motifs is 2. The lowest BCUT2D eigenvalue weighted by atomic mass is 10.0. The standard InChI is InChI=1S/C26H16ClNO2/c27-19-13-10-17(11-14-19)9-12-18-15-23(28-22-7-3-1-5-20(18)22)26-16-24(29)21-6-2-4-8-25(21)30-26/h1-16H/b12-9+. The molecule has 0 bridgehead atoms. The number of benzene rings is 3. The normalized spacial score (nSPS) is 11.5. The number of halogens is 1. The molecule has 4 heteroatoms. The van der Waals surface area contributed by atoms with E-state index in [9.17, 15) is 4.79 Å². The molecule has 0 atom stereocenters. The van der Waals surface area contributed by atoms with E-state index in [2.05, 4.69) is 0 Å². The van der Waals surface area contributed by atoms with E-state index >= 15 is 0 Å². The number of aromatic nitrogens is 1. The first-order valence-corrected chi connectivity index (χ1v) is 9.92. The zero-order valence-corrected chi connectivity index (χ0v) is 16.6. The molecular weight excluding hydrogens is 394 g/mol. The van der Waals surface area contributed by atoms with E-state index in [0.29, 0.717) is 27.4 Å². The Morgan fingerprint density at radius 3 is 2.37 bits per heavy atom. The number of nitrogens with zero attached hydrogens (tertiary/aromatic N) is 1. The lowest BCUT2D eigenvalue weighted by Crippen LogP contribution is -2.01. The first-order valence-electron chi connectivity index (χ1n) is 9.54. The van der Waals surface area contributed by atoms with Gasteiger partial charge in [0.25, 0.3) is 0 Å². The van der Waals surface area contributed by atoms with Gasteiger partial charge in [0.1, 0.15) is 11.3 Å². The number of para-hydroxylation sites is 2. The smallest absolute Gasteiger partial charge is 0.193 e. The van der Waals surface area contributed by atoms with Gasteiger partial charge in [0.15, 0.2) is 11.2 Å². The summed E-state index contributed by atoms with van der Waals surface area (Å²) in [5.74, 6) is 0.450. The zero-order valence-electron chi connectivity index (χ0n) is 15.9. The fraction of sp³-hybridized carbons (Fsp3) is 0. The van der Waals surface area contributed by atoms with E-state index < -0.39 is 0 Å². The summed E-state index contributed by atoms with van der Waals surface area (Å²) >= 11 is 5.98. The first-order chi connectivity index (χ1) is 14.7. The topological polar surface area (TPSA) is 43.1 Å². The van der Waals surface area contributed by atoms with Gasteiger partial charge >= 0.3 is 0 Å². The molecule has 0 radical (unpaired) electrons. The minimum Gasteiger partial charge on any atom is -0.454 e. The molecule has 30 heavy (non-hydrogen) atoms. The third-order valence-electron chi connectivity index (χ3n) is 4.96. The third-order valence-corrected chi connectivity index (χ3v) is 5.21. The van der Waals surface area contributed by atoms with Crippen molar-refractivity contribution in [1.82, 2.24) is 4.98 Å². The molecule has 0 aliphatic carbocycles. The Hall–Kier alpha value is -3.69. The molecular formula is C26H16ClNO2. The van der Waals surface area contributed by atoms with Crippen molar-refractivity contribution in [1.29, 1.82) is 0 Å². The van der Waals surface area contributed by atoms with Crippen molar-refractivity contribution in [2.75, 3.05) is 0 Å². The predicted octanol–water partition coefficient (Wildman–Crippen LogP) is 6.83. The summed E-state index contributed by atoms with van der Waals surface area (Å²) in [6.07, 6.45) is 4.06. The SMILES string of the molecule is O=c1cc(-c2cc(/C=C/c3ccc(Cl)cc3)c3ccccc3n2)oc2ccccc12. The van der Waals surface area contributed by atoms with Gasteiger partial charge in [-0.05, 0) is 47.5 Å². The van der Waals surface area contributed by atoms with Crippen LogP contribution in [-0.4, -0.2) is 4.98 Å². The maximum absolute atomic E-state index is 12.5. The minimum atomic E-state index is -0.0833. The van der Waals surface area contributed by atoms with Crippen LogP contribution in [0.15, 0.2) is 94.1 Å². The van der Waals surface area contributed by atoms with E-state index in [1.165, 1.54) is 6.07 Å². The van der Waals surface area contributed by atoms with Crippen LogP contribution in [0.5, 0.6) is 0 Å². The monoisotopic (exact) mass is 409 g/mol. The van der Waals surface area contributed by atoms with Crippen molar-refractivity contribution < 1.29 is 4.42 Å². The Morgan fingerprint density at radius 2 is 1.53 bits per heavy atom. The number of pyridine rings is 1. The van der Waals surface area contributed by atoms with E-state index in [1.807, 2.05) is 78.9 Å². The van der Waals surface area contributed by atoms with Gasteiger partial charge in [0.05, 0.1) is 10.9 Å². The van der Waals surface area contributed by atoms with Crippen molar-refractivity contribution in [3.63, 3.8) is 0 Å². The summed E-state index contributed by atoms with van der Waals surface area (Å²) in [6, 6.07) is 26.3. The Morgan fingerprint density at radius 1 is 0.800 bits per heavy atom. The molecule has 0 amide bonds. The maximum atomic E-state index is 12.5. The number of hydrogen-bond acceptors (Lipinski definition) is 3. The molecule has 5 rings (SSSR count). The van der Waals surface area contributed by atoms with Gasteiger partial charge in [-0.3, -0.25) is 4.79 Å². The third kappa shape index (κ3) is 3.51. The molecule has 5 aromatic rings. The van der Waals surface area contributed by atoms with Crippen molar-refractivity contribution in [2.24, 2.45) is 0 Å². The molecule has 3 aromatic carbocycles. The summed E-state index contributed by atoms with van der Waals surface area (Å²) in [5, 5.41) is 2.29. The average Bonchev–Trinajstić information content (AvgIpc) is 2.78. The van der Waals surface area contributed by atoms with Crippen molar-refractivity contribution in [3.05, 3.63) is 111 Å². The fourth-order valence-electron chi connectivity index (χ4n) is 3.46. The van der Waals surface area contributed by atoms with Gasteiger partial charge in [-0.2, -0.15) is 0 Å². The Labute approximate surface area is 177 Å². The van der Waals surface area contributed by atoms with Crippen molar-refractivity contribution in [3.8, 4) is 11.5 Å². The van der Waals surface area contributed by atoms with Gasteiger partial charge in [0, 0.05) is 16.5 Å². The molecule has 0 N–H and O–H groups in total. The van der Waals surface area contributed by atoms with Gasteiger partial charge < -0.3 is 4.42 Å². The summed E-state index contributed by atoms with van der Waals surface area (Å²) in [5.41, 5.74) is 3.95. The largest absolute Gasteiger partial charge is 0.454 e. The highest BCUT2D eigenvalue weighted by atomic mass is 35.5. The molecule has 0 aliphatic heterocycles. The van der Waals surface area contributed by atoms with Crippen LogP contribution < -0.4 is 5.43 Å². The van der Waals surface area contributed by atoms with Gasteiger partial charge in [-0.15, -0.1) is 0 Å². The van der Waals surface area contributed by atoms with Crippen molar-refractivity contribution in [2.45, 2.75) is 0 Å². The molecule has 144 valence electrons. The van der Waals surface area contributed by atoms with E-state index in [1.54, 1.807) is 12.1 Å². The van der Waals surface area contributed by atoms with Crippen LogP contribution in [0.2, 0.25) is 5.02 Å². The fourth-order valence-corrected chi connectivity index (χ4v) is 3.58. The summed E-state index contributed by atoms with van der Waals surface area (Å²) < 4.78 is 6.01. The average molecular weight is 410 g/mol. The molecule has 0 spiro atoms. The van der Waals surface area contributed by atoms with Crippen LogP contribution in [0.3, 0.4) is 0 Å². The molecule has 2 aromatic heterocycles. The molecule has 0 saturated heterocycles. The van der Waals surface area contributed by atoms with Gasteiger partial charge in [-0.1, -0.05) is 66.2 Å². The Kier molecular flexibility index (Phi) is 4.66. The highest BCUT2D eigenvalue weighted by Crippen LogP contribution is 2.27. The van der Waals surface area contributed by atoms with Crippen LogP contribution in [0.1, 0.15) is 11.1 Å².